The van der Waals surface area contributed by atoms with Crippen molar-refractivity contribution in [1.82, 2.24) is 15.1 Å². The van der Waals surface area contributed by atoms with E-state index in [0.717, 1.165) is 49.8 Å². The fraction of sp³-hybridized carbons (Fsp3) is 0.833. The number of rotatable bonds is 6. The van der Waals surface area contributed by atoms with E-state index in [2.05, 4.69) is 35.0 Å². The number of hydrogen-bond acceptors (Lipinski definition) is 3. The maximum atomic E-state index is 13.3. The van der Waals surface area contributed by atoms with Crippen LogP contribution < -0.4 is 0 Å². The van der Waals surface area contributed by atoms with Gasteiger partial charge in [0.25, 0.3) is 0 Å². The number of nitrogens with one attached hydrogen (secondary N) is 1. The zero-order valence-electron chi connectivity index (χ0n) is 18.3. The quantitative estimate of drug-likeness (QED) is 0.737. The highest BCUT2D eigenvalue weighted by Gasteiger charge is 2.39. The molecule has 1 saturated heterocycles. The summed E-state index contributed by atoms with van der Waals surface area (Å²) in [5.41, 5.74) is 1.16. The summed E-state index contributed by atoms with van der Waals surface area (Å²) in [4.78, 5) is 15.5. The lowest BCUT2D eigenvalue weighted by atomic mass is 9.80. The summed E-state index contributed by atoms with van der Waals surface area (Å²) < 4.78 is 6.49. The number of aromatic amines is 1. The smallest absolute Gasteiger partial charge is 0.226 e. The maximum absolute atomic E-state index is 13.3. The molecule has 5 heteroatoms. The van der Waals surface area contributed by atoms with Crippen molar-refractivity contribution in [3.63, 3.8) is 0 Å². The number of piperidine rings is 1. The van der Waals surface area contributed by atoms with Crippen LogP contribution in [0.3, 0.4) is 0 Å². The third-order valence-corrected chi connectivity index (χ3v) is 7.85. The van der Waals surface area contributed by atoms with Gasteiger partial charge >= 0.3 is 0 Å². The van der Waals surface area contributed by atoms with Crippen LogP contribution in [0.4, 0.5) is 0 Å². The Kier molecular flexibility index (Phi) is 6.94. The monoisotopic (exact) mass is 401 g/mol. The molecule has 1 N–H and O–H groups in total. The third kappa shape index (κ3) is 4.87. The average Bonchev–Trinajstić information content (AvgIpc) is 3.46. The largest absolute Gasteiger partial charge is 0.376 e. The lowest BCUT2D eigenvalue weighted by Gasteiger charge is -2.43. The average molecular weight is 402 g/mol. The summed E-state index contributed by atoms with van der Waals surface area (Å²) in [6.45, 7) is 6.23. The van der Waals surface area contributed by atoms with Crippen molar-refractivity contribution in [3.8, 4) is 0 Å². The highest BCUT2D eigenvalue weighted by Crippen LogP contribution is 2.37. The molecule has 162 valence electrons. The molecule has 0 unspecified atom stereocenters. The highest BCUT2D eigenvalue weighted by molar-refractivity contribution is 5.79. The van der Waals surface area contributed by atoms with Crippen molar-refractivity contribution in [2.45, 2.75) is 96.1 Å². The van der Waals surface area contributed by atoms with Crippen LogP contribution in [0, 0.1) is 17.8 Å². The molecule has 3 aliphatic rings. The molecule has 0 radical (unpaired) electrons. The predicted molar refractivity (Wildman–Crippen MR) is 115 cm³/mol. The Morgan fingerprint density at radius 1 is 1.14 bits per heavy atom. The molecule has 5 nitrogen and oxygen atoms in total. The number of amides is 1. The molecule has 1 aliphatic heterocycles. The number of H-pyrrole nitrogens is 1. The topological polar surface area (TPSA) is 58.2 Å². The molecule has 1 aromatic heterocycles. The highest BCUT2D eigenvalue weighted by atomic mass is 16.5. The van der Waals surface area contributed by atoms with Crippen molar-refractivity contribution in [1.29, 1.82) is 0 Å². The molecule has 0 bridgehead atoms. The van der Waals surface area contributed by atoms with E-state index in [0.29, 0.717) is 24.5 Å². The number of carbonyl (C=O) groups excluding carboxylic acids is 1. The molecular formula is C24H39N3O2. The maximum Gasteiger partial charge on any atom is 0.226 e. The van der Waals surface area contributed by atoms with Crippen LogP contribution >= 0.6 is 0 Å². The van der Waals surface area contributed by atoms with Crippen molar-refractivity contribution in [3.05, 3.63) is 18.0 Å². The number of likely N-dealkylation sites (tertiary alicyclic amines) is 1. The fourth-order valence-electron chi connectivity index (χ4n) is 5.94. The zero-order chi connectivity index (χ0) is 20.2. The lowest BCUT2D eigenvalue weighted by molar-refractivity contribution is -0.142. The number of hydrogen-bond donors (Lipinski definition) is 1. The van der Waals surface area contributed by atoms with Crippen LogP contribution in [0.15, 0.2) is 12.3 Å². The second-order valence-corrected chi connectivity index (χ2v) is 9.96. The van der Waals surface area contributed by atoms with Gasteiger partial charge in [0.1, 0.15) is 0 Å². The Labute approximate surface area is 176 Å². The van der Waals surface area contributed by atoms with Crippen molar-refractivity contribution in [2.24, 2.45) is 17.8 Å². The summed E-state index contributed by atoms with van der Waals surface area (Å²) in [6.07, 6.45) is 13.8. The van der Waals surface area contributed by atoms with E-state index in [9.17, 15) is 4.79 Å². The molecular weight excluding hydrogens is 362 g/mol. The standard InChI is InChI=1S/C24H39N3O2/c1-17(2)18-9-11-20(12-10-18)29-16-23-21(22-13-14-25-26-22)8-5-15-27(23)24(28)19-6-3-4-7-19/h13-14,17-21,23H,3-12,15-16H2,1-2H3,(H,25,26)/t18?,20?,21-,23+/m1/s1. The molecule has 1 amide bonds. The molecule has 0 aromatic carbocycles. The summed E-state index contributed by atoms with van der Waals surface area (Å²) in [7, 11) is 0. The van der Waals surface area contributed by atoms with Gasteiger partial charge in [0.15, 0.2) is 0 Å². The molecule has 3 fully saturated rings. The van der Waals surface area contributed by atoms with Crippen LogP contribution in [-0.2, 0) is 9.53 Å². The van der Waals surface area contributed by atoms with Crippen LogP contribution in [0.25, 0.3) is 0 Å². The lowest BCUT2D eigenvalue weighted by Crippen LogP contribution is -2.52. The van der Waals surface area contributed by atoms with Gasteiger partial charge in [0.05, 0.1) is 18.8 Å². The normalized spacial score (nSPS) is 31.5. The Morgan fingerprint density at radius 3 is 2.55 bits per heavy atom. The van der Waals surface area contributed by atoms with Crippen molar-refractivity contribution in [2.75, 3.05) is 13.2 Å². The molecule has 2 aliphatic carbocycles. The Hall–Kier alpha value is -1.36. The summed E-state index contributed by atoms with van der Waals surface area (Å²) >= 11 is 0. The van der Waals surface area contributed by atoms with Gasteiger partial charge in [-0.25, -0.2) is 0 Å². The first-order chi connectivity index (χ1) is 14.1. The number of ether oxygens (including phenoxy) is 1. The first-order valence-electron chi connectivity index (χ1n) is 12.0. The Morgan fingerprint density at radius 2 is 1.90 bits per heavy atom. The van der Waals surface area contributed by atoms with E-state index in [1.807, 2.05) is 6.20 Å². The van der Waals surface area contributed by atoms with Crippen LogP contribution in [0.5, 0.6) is 0 Å². The van der Waals surface area contributed by atoms with Gasteiger partial charge in [-0.3, -0.25) is 9.89 Å². The van der Waals surface area contributed by atoms with E-state index in [1.165, 1.54) is 38.5 Å². The second kappa shape index (κ2) is 9.63. The van der Waals surface area contributed by atoms with E-state index >= 15 is 0 Å². The van der Waals surface area contributed by atoms with Gasteiger partial charge in [-0.05, 0) is 69.3 Å². The van der Waals surface area contributed by atoms with Gasteiger partial charge in [-0.15, -0.1) is 0 Å². The van der Waals surface area contributed by atoms with Crippen LogP contribution in [0.1, 0.15) is 89.7 Å². The van der Waals surface area contributed by atoms with Gasteiger partial charge in [0.2, 0.25) is 5.91 Å². The van der Waals surface area contributed by atoms with E-state index in [-0.39, 0.29) is 12.0 Å². The molecule has 2 heterocycles. The minimum Gasteiger partial charge on any atom is -0.376 e. The number of aromatic nitrogens is 2. The Bertz CT molecular complexity index is 631. The SMILES string of the molecule is CC(C)C1CCC(OC[C@H]2[C@@H](c3ccn[nH]3)CCCN2C(=O)C2CCCC2)CC1. The fourth-order valence-corrected chi connectivity index (χ4v) is 5.94. The Balaban J connectivity index is 1.43. The number of nitrogens with zero attached hydrogens (tertiary/aromatic N) is 2. The summed E-state index contributed by atoms with van der Waals surface area (Å²) in [5.74, 6) is 2.55. The minimum absolute atomic E-state index is 0.139. The first-order valence-corrected chi connectivity index (χ1v) is 12.0. The third-order valence-electron chi connectivity index (χ3n) is 7.85. The molecule has 29 heavy (non-hydrogen) atoms. The minimum atomic E-state index is 0.139. The van der Waals surface area contributed by atoms with Crippen molar-refractivity contribution >= 4 is 5.91 Å². The molecule has 1 aromatic rings. The van der Waals surface area contributed by atoms with Gasteiger partial charge in [-0.2, -0.15) is 5.10 Å². The van der Waals surface area contributed by atoms with Crippen LogP contribution in [-0.4, -0.2) is 46.3 Å². The molecule has 0 spiro atoms. The number of carbonyl (C=O) groups is 1. The molecule has 2 atom stereocenters. The molecule has 2 saturated carbocycles. The van der Waals surface area contributed by atoms with E-state index in [4.69, 9.17) is 4.74 Å². The van der Waals surface area contributed by atoms with Gasteiger partial charge < -0.3 is 9.64 Å². The van der Waals surface area contributed by atoms with Gasteiger partial charge in [0, 0.05) is 30.3 Å². The van der Waals surface area contributed by atoms with E-state index < -0.39 is 0 Å². The zero-order valence-corrected chi connectivity index (χ0v) is 18.3. The van der Waals surface area contributed by atoms with Crippen molar-refractivity contribution < 1.29 is 9.53 Å². The van der Waals surface area contributed by atoms with E-state index in [1.54, 1.807) is 0 Å². The predicted octanol–water partition coefficient (Wildman–Crippen LogP) is 4.91. The van der Waals surface area contributed by atoms with Gasteiger partial charge in [-0.1, -0.05) is 26.7 Å². The second-order valence-electron chi connectivity index (χ2n) is 9.96. The van der Waals surface area contributed by atoms with Crippen LogP contribution in [0.2, 0.25) is 0 Å². The molecule has 4 rings (SSSR count). The summed E-state index contributed by atoms with van der Waals surface area (Å²) in [5, 5.41) is 7.36. The first kappa shape index (κ1) is 20.9. The summed E-state index contributed by atoms with van der Waals surface area (Å²) in [6, 6.07) is 2.22.